The summed E-state index contributed by atoms with van der Waals surface area (Å²) in [7, 11) is 2.01. The first-order chi connectivity index (χ1) is 14.9. The maximum atomic E-state index is 12.9. The van der Waals surface area contributed by atoms with Crippen molar-refractivity contribution < 1.29 is 4.79 Å². The molecule has 1 spiro atoms. The Labute approximate surface area is 182 Å². The van der Waals surface area contributed by atoms with Crippen LogP contribution in [-0.2, 0) is 24.9 Å². The van der Waals surface area contributed by atoms with Gasteiger partial charge in [-0.05, 0) is 25.5 Å². The van der Waals surface area contributed by atoms with Gasteiger partial charge in [0.15, 0.2) is 0 Å². The highest BCUT2D eigenvalue weighted by molar-refractivity contribution is 5.77. The number of nitrogens with zero attached hydrogens (tertiary/aromatic N) is 7. The monoisotopic (exact) mass is 419 g/mol. The van der Waals surface area contributed by atoms with E-state index in [4.69, 9.17) is 0 Å². The van der Waals surface area contributed by atoms with E-state index in [1.165, 1.54) is 5.56 Å². The van der Waals surface area contributed by atoms with E-state index in [0.717, 1.165) is 49.9 Å². The number of hydrogen-bond donors (Lipinski definition) is 0. The molecule has 1 unspecified atom stereocenters. The lowest BCUT2D eigenvalue weighted by atomic mass is 9.71. The largest absolute Gasteiger partial charge is 0.340 e. The Morgan fingerprint density at radius 3 is 2.58 bits per heavy atom. The van der Waals surface area contributed by atoms with E-state index in [9.17, 15) is 4.79 Å². The van der Waals surface area contributed by atoms with Gasteiger partial charge >= 0.3 is 0 Å². The van der Waals surface area contributed by atoms with Crippen LogP contribution < -0.4 is 0 Å². The molecule has 1 aromatic carbocycles. The highest BCUT2D eigenvalue weighted by Gasteiger charge is 2.56. The van der Waals surface area contributed by atoms with E-state index in [-0.39, 0.29) is 17.2 Å². The number of rotatable bonds is 5. The van der Waals surface area contributed by atoms with Crippen molar-refractivity contribution in [1.29, 1.82) is 0 Å². The van der Waals surface area contributed by atoms with Crippen molar-refractivity contribution in [2.24, 2.45) is 12.5 Å². The van der Waals surface area contributed by atoms with Crippen molar-refractivity contribution in [3.8, 4) is 0 Å². The van der Waals surface area contributed by atoms with E-state index in [2.05, 4.69) is 50.5 Å². The Morgan fingerprint density at radius 2 is 1.94 bits per heavy atom. The highest BCUT2D eigenvalue weighted by atomic mass is 16.2. The summed E-state index contributed by atoms with van der Waals surface area (Å²) >= 11 is 0. The summed E-state index contributed by atoms with van der Waals surface area (Å²) in [5, 5.41) is 13.0. The molecule has 162 valence electrons. The lowest BCUT2D eigenvalue weighted by molar-refractivity contribution is -0.144. The third kappa shape index (κ3) is 3.65. The summed E-state index contributed by atoms with van der Waals surface area (Å²) < 4.78 is 3.83. The summed E-state index contributed by atoms with van der Waals surface area (Å²) in [6.45, 7) is 8.58. The normalized spacial score (nSPS) is 20.4. The molecule has 0 saturated carbocycles. The van der Waals surface area contributed by atoms with Crippen LogP contribution in [0.5, 0.6) is 0 Å². The van der Waals surface area contributed by atoms with Crippen LogP contribution in [0.15, 0.2) is 42.7 Å². The summed E-state index contributed by atoms with van der Waals surface area (Å²) in [5.41, 5.74) is 3.31. The standard InChI is InChI=1S/C23H29N7O/c1-17-9-18(2)30(26-17)12-21(31)29-14-23(15-29)13-28(10-19-7-5-4-6-8-19)11-20(23)22-25-24-16-27(22)3/h4-9,16,20H,10-15H2,1-3H3. The van der Waals surface area contributed by atoms with Gasteiger partial charge in [0.1, 0.15) is 18.7 Å². The molecule has 31 heavy (non-hydrogen) atoms. The van der Waals surface area contributed by atoms with Gasteiger partial charge in [0, 0.05) is 56.8 Å². The van der Waals surface area contributed by atoms with Crippen molar-refractivity contribution in [3.63, 3.8) is 0 Å². The molecule has 0 radical (unpaired) electrons. The maximum Gasteiger partial charge on any atom is 0.244 e. The Hall–Kier alpha value is -3.00. The zero-order chi connectivity index (χ0) is 21.6. The summed E-state index contributed by atoms with van der Waals surface area (Å²) in [6.07, 6.45) is 1.77. The minimum absolute atomic E-state index is 0.0281. The highest BCUT2D eigenvalue weighted by Crippen LogP contribution is 2.49. The number of likely N-dealkylation sites (tertiary alicyclic amines) is 2. The fourth-order valence-corrected chi connectivity index (χ4v) is 5.27. The molecule has 1 amide bonds. The lowest BCUT2D eigenvalue weighted by Gasteiger charge is -2.50. The number of carbonyl (C=O) groups is 1. The number of aromatic nitrogens is 5. The molecule has 2 aliphatic rings. The minimum atomic E-state index is 0.0281. The number of benzene rings is 1. The van der Waals surface area contributed by atoms with E-state index >= 15 is 0 Å². The van der Waals surface area contributed by atoms with Crippen molar-refractivity contribution in [3.05, 3.63) is 65.5 Å². The van der Waals surface area contributed by atoms with Crippen LogP contribution in [0.25, 0.3) is 0 Å². The minimum Gasteiger partial charge on any atom is -0.340 e. The van der Waals surface area contributed by atoms with Crippen LogP contribution >= 0.6 is 0 Å². The topological polar surface area (TPSA) is 72.1 Å². The molecule has 0 bridgehead atoms. The van der Waals surface area contributed by atoms with Gasteiger partial charge in [0.05, 0.1) is 5.69 Å². The Bertz CT molecular complexity index is 1080. The van der Waals surface area contributed by atoms with Crippen LogP contribution in [0.3, 0.4) is 0 Å². The number of amides is 1. The molecule has 1 atom stereocenters. The quantitative estimate of drug-likeness (QED) is 0.630. The first-order valence-corrected chi connectivity index (χ1v) is 10.8. The van der Waals surface area contributed by atoms with Gasteiger partial charge in [0.2, 0.25) is 5.91 Å². The molecule has 2 saturated heterocycles. The Morgan fingerprint density at radius 1 is 1.16 bits per heavy atom. The van der Waals surface area contributed by atoms with Gasteiger partial charge < -0.3 is 9.47 Å². The fourth-order valence-electron chi connectivity index (χ4n) is 5.27. The first-order valence-electron chi connectivity index (χ1n) is 10.8. The van der Waals surface area contributed by atoms with Crippen LogP contribution in [0, 0.1) is 19.3 Å². The van der Waals surface area contributed by atoms with Gasteiger partial charge in [-0.1, -0.05) is 30.3 Å². The second kappa shape index (κ2) is 7.60. The molecular weight excluding hydrogens is 390 g/mol. The molecule has 0 N–H and O–H groups in total. The predicted octanol–water partition coefficient (Wildman–Crippen LogP) is 1.76. The van der Waals surface area contributed by atoms with E-state index < -0.39 is 0 Å². The van der Waals surface area contributed by atoms with Crippen LogP contribution in [0.1, 0.15) is 28.7 Å². The average molecular weight is 420 g/mol. The van der Waals surface area contributed by atoms with Gasteiger partial charge in [-0.25, -0.2) is 0 Å². The molecule has 5 rings (SSSR count). The average Bonchev–Trinajstić information content (AvgIpc) is 3.38. The lowest BCUT2D eigenvalue weighted by Crippen LogP contribution is -2.62. The van der Waals surface area contributed by atoms with Crippen molar-refractivity contribution in [2.75, 3.05) is 26.2 Å². The Balaban J connectivity index is 1.32. The molecule has 8 heteroatoms. The summed E-state index contributed by atoms with van der Waals surface area (Å²) in [4.78, 5) is 17.4. The second-order valence-electron chi connectivity index (χ2n) is 9.20. The molecule has 3 aromatic rings. The zero-order valence-corrected chi connectivity index (χ0v) is 18.4. The number of carbonyl (C=O) groups excluding carboxylic acids is 1. The zero-order valence-electron chi connectivity index (χ0n) is 18.4. The molecule has 2 fully saturated rings. The van der Waals surface area contributed by atoms with Gasteiger partial charge in [-0.2, -0.15) is 5.10 Å². The first kappa shape index (κ1) is 19.9. The smallest absolute Gasteiger partial charge is 0.244 e. The van der Waals surface area contributed by atoms with Gasteiger partial charge in [0.25, 0.3) is 0 Å². The van der Waals surface area contributed by atoms with E-state index in [0.29, 0.717) is 6.54 Å². The maximum absolute atomic E-state index is 12.9. The molecule has 2 aliphatic heterocycles. The molecule has 4 heterocycles. The third-order valence-corrected chi connectivity index (χ3v) is 6.78. The van der Waals surface area contributed by atoms with Crippen LogP contribution in [0.4, 0.5) is 0 Å². The summed E-state index contributed by atoms with van der Waals surface area (Å²) in [6, 6.07) is 12.6. The molecular formula is C23H29N7O. The van der Waals surface area contributed by atoms with Crippen molar-refractivity contribution in [1.82, 2.24) is 34.3 Å². The number of hydrogen-bond acceptors (Lipinski definition) is 5. The van der Waals surface area contributed by atoms with Gasteiger partial charge in [-0.15, -0.1) is 10.2 Å². The Kier molecular flexibility index (Phi) is 4.89. The SMILES string of the molecule is Cc1cc(C)n(CC(=O)N2CC3(CN(Cc4ccccc4)CC3c3nncn3C)C2)n1. The van der Waals surface area contributed by atoms with Crippen molar-refractivity contribution in [2.45, 2.75) is 32.9 Å². The predicted molar refractivity (Wildman–Crippen MR) is 116 cm³/mol. The molecule has 2 aromatic heterocycles. The van der Waals surface area contributed by atoms with Crippen LogP contribution in [-0.4, -0.2) is 66.4 Å². The van der Waals surface area contributed by atoms with E-state index in [1.807, 2.05) is 36.4 Å². The second-order valence-corrected chi connectivity index (χ2v) is 9.20. The molecule has 0 aliphatic carbocycles. The van der Waals surface area contributed by atoms with Gasteiger partial charge in [-0.3, -0.25) is 14.4 Å². The third-order valence-electron chi connectivity index (χ3n) is 6.78. The summed E-state index contributed by atoms with van der Waals surface area (Å²) in [5.74, 6) is 1.41. The van der Waals surface area contributed by atoms with Crippen LogP contribution in [0.2, 0.25) is 0 Å². The van der Waals surface area contributed by atoms with Crippen molar-refractivity contribution >= 4 is 5.91 Å². The van der Waals surface area contributed by atoms with E-state index in [1.54, 1.807) is 11.0 Å². The molecule has 8 nitrogen and oxygen atoms in total. The fraction of sp³-hybridized carbons (Fsp3) is 0.478. The number of aryl methyl sites for hydroxylation is 3.